The average Bonchev–Trinajstić information content (AvgIpc) is 3.43. The SMILES string of the molecule is Cc1cc(NC(=O)COC(=O)c2ccc(-n3cnnn3)cc2)n(-c2ccccc2)n1. The summed E-state index contributed by atoms with van der Waals surface area (Å²) < 4.78 is 8.19. The largest absolute Gasteiger partial charge is 0.452 e. The Labute approximate surface area is 171 Å². The van der Waals surface area contributed by atoms with Crippen LogP contribution in [0.4, 0.5) is 5.82 Å². The molecule has 0 aliphatic rings. The van der Waals surface area contributed by atoms with E-state index in [9.17, 15) is 9.59 Å². The summed E-state index contributed by atoms with van der Waals surface area (Å²) in [6.07, 6.45) is 1.44. The van der Waals surface area contributed by atoms with E-state index in [2.05, 4.69) is 25.9 Å². The number of hydrogen-bond acceptors (Lipinski definition) is 7. The number of nitrogens with one attached hydrogen (secondary N) is 1. The van der Waals surface area contributed by atoms with Crippen molar-refractivity contribution in [2.24, 2.45) is 0 Å². The number of carbonyl (C=O) groups excluding carboxylic acids is 2. The van der Waals surface area contributed by atoms with E-state index in [1.165, 1.54) is 11.0 Å². The molecule has 0 aliphatic heterocycles. The second-order valence-electron chi connectivity index (χ2n) is 6.34. The highest BCUT2D eigenvalue weighted by molar-refractivity contribution is 5.95. The molecule has 0 atom stereocenters. The summed E-state index contributed by atoms with van der Waals surface area (Å²) in [5.74, 6) is -0.586. The number of hydrogen-bond donors (Lipinski definition) is 1. The average molecular weight is 403 g/mol. The van der Waals surface area contributed by atoms with Crippen molar-refractivity contribution in [2.45, 2.75) is 6.92 Å². The number of benzene rings is 2. The fraction of sp³-hybridized carbons (Fsp3) is 0.100. The van der Waals surface area contributed by atoms with E-state index in [-0.39, 0.29) is 0 Å². The van der Waals surface area contributed by atoms with Crippen LogP contribution in [0.25, 0.3) is 11.4 Å². The molecule has 30 heavy (non-hydrogen) atoms. The Morgan fingerprint density at radius 1 is 1.03 bits per heavy atom. The van der Waals surface area contributed by atoms with Crippen molar-refractivity contribution in [3.05, 3.63) is 78.2 Å². The Morgan fingerprint density at radius 2 is 1.80 bits per heavy atom. The van der Waals surface area contributed by atoms with Crippen LogP contribution in [0.3, 0.4) is 0 Å². The molecule has 0 fully saturated rings. The number of para-hydroxylation sites is 1. The van der Waals surface area contributed by atoms with E-state index in [0.717, 1.165) is 11.4 Å². The molecule has 1 N–H and O–H groups in total. The lowest BCUT2D eigenvalue weighted by Crippen LogP contribution is -2.22. The van der Waals surface area contributed by atoms with E-state index in [1.54, 1.807) is 35.0 Å². The number of tetrazole rings is 1. The highest BCUT2D eigenvalue weighted by Crippen LogP contribution is 2.17. The minimum Gasteiger partial charge on any atom is -0.452 e. The van der Waals surface area contributed by atoms with Crippen LogP contribution in [-0.4, -0.2) is 48.5 Å². The molecular weight excluding hydrogens is 386 g/mol. The maximum atomic E-state index is 12.3. The van der Waals surface area contributed by atoms with Crippen LogP contribution in [0, 0.1) is 6.92 Å². The van der Waals surface area contributed by atoms with Gasteiger partial charge in [0.05, 0.1) is 22.6 Å². The van der Waals surface area contributed by atoms with E-state index >= 15 is 0 Å². The first-order valence-corrected chi connectivity index (χ1v) is 9.02. The first-order valence-electron chi connectivity index (χ1n) is 9.02. The number of nitrogens with zero attached hydrogens (tertiary/aromatic N) is 6. The molecule has 4 rings (SSSR count). The van der Waals surface area contributed by atoms with Gasteiger partial charge in [0, 0.05) is 6.07 Å². The van der Waals surface area contributed by atoms with Gasteiger partial charge in [-0.3, -0.25) is 4.79 Å². The first kappa shape index (κ1) is 19.0. The molecule has 2 aromatic heterocycles. The van der Waals surface area contributed by atoms with Gasteiger partial charge < -0.3 is 10.1 Å². The van der Waals surface area contributed by atoms with Crippen molar-refractivity contribution >= 4 is 17.7 Å². The predicted octanol–water partition coefficient (Wildman–Crippen LogP) is 1.95. The number of anilines is 1. The molecule has 2 heterocycles. The molecule has 0 radical (unpaired) electrons. The van der Waals surface area contributed by atoms with Gasteiger partial charge in [0.2, 0.25) is 0 Å². The summed E-state index contributed by atoms with van der Waals surface area (Å²) in [5.41, 5.74) is 2.55. The third-order valence-electron chi connectivity index (χ3n) is 4.15. The van der Waals surface area contributed by atoms with Crippen molar-refractivity contribution in [3.8, 4) is 11.4 Å². The molecular formula is C20H17N7O3. The standard InChI is InChI=1S/C20H17N7O3/c1-14-11-18(27(23-14)17-5-3-2-4-6-17)22-19(28)12-30-20(29)15-7-9-16(10-8-15)26-13-21-24-25-26/h2-11,13H,12H2,1H3,(H,22,28). The predicted molar refractivity (Wildman–Crippen MR) is 106 cm³/mol. The van der Waals surface area contributed by atoms with Crippen LogP contribution < -0.4 is 5.32 Å². The zero-order valence-electron chi connectivity index (χ0n) is 16.0. The highest BCUT2D eigenvalue weighted by atomic mass is 16.5. The number of rotatable bonds is 6. The molecule has 10 heteroatoms. The number of amides is 1. The van der Waals surface area contributed by atoms with E-state index in [1.807, 2.05) is 37.3 Å². The molecule has 4 aromatic rings. The minimum absolute atomic E-state index is 0.310. The Hall–Kier alpha value is -4.34. The van der Waals surface area contributed by atoms with Gasteiger partial charge in [0.25, 0.3) is 5.91 Å². The molecule has 0 unspecified atom stereocenters. The Bertz CT molecular complexity index is 1150. The smallest absolute Gasteiger partial charge is 0.338 e. The van der Waals surface area contributed by atoms with Crippen molar-refractivity contribution in [3.63, 3.8) is 0 Å². The molecule has 0 saturated heterocycles. The van der Waals surface area contributed by atoms with E-state index < -0.39 is 18.5 Å². The normalized spacial score (nSPS) is 10.6. The van der Waals surface area contributed by atoms with Crippen LogP contribution in [-0.2, 0) is 9.53 Å². The third-order valence-corrected chi connectivity index (χ3v) is 4.15. The monoisotopic (exact) mass is 403 g/mol. The van der Waals surface area contributed by atoms with Crippen LogP contribution in [0.2, 0.25) is 0 Å². The molecule has 150 valence electrons. The van der Waals surface area contributed by atoms with Crippen molar-refractivity contribution < 1.29 is 14.3 Å². The number of ether oxygens (including phenoxy) is 1. The third kappa shape index (κ3) is 4.22. The van der Waals surface area contributed by atoms with Crippen LogP contribution in [0.15, 0.2) is 67.0 Å². The fourth-order valence-electron chi connectivity index (χ4n) is 2.78. The molecule has 1 amide bonds. The number of carbonyl (C=O) groups is 2. The molecule has 0 bridgehead atoms. The summed E-state index contributed by atoms with van der Waals surface area (Å²) in [7, 11) is 0. The van der Waals surface area contributed by atoms with Gasteiger partial charge in [-0.25, -0.2) is 14.2 Å². The zero-order valence-corrected chi connectivity index (χ0v) is 16.0. The molecule has 2 aromatic carbocycles. The fourth-order valence-corrected chi connectivity index (χ4v) is 2.78. The number of esters is 1. The Morgan fingerprint density at radius 3 is 2.50 bits per heavy atom. The summed E-state index contributed by atoms with van der Waals surface area (Å²) in [6, 6.07) is 17.6. The Kier molecular flexibility index (Phi) is 5.29. The highest BCUT2D eigenvalue weighted by Gasteiger charge is 2.14. The van der Waals surface area contributed by atoms with Gasteiger partial charge in [-0.1, -0.05) is 18.2 Å². The maximum Gasteiger partial charge on any atom is 0.338 e. The quantitative estimate of drug-likeness (QED) is 0.489. The summed E-state index contributed by atoms with van der Waals surface area (Å²) >= 11 is 0. The van der Waals surface area contributed by atoms with Crippen molar-refractivity contribution in [1.29, 1.82) is 0 Å². The molecule has 0 spiro atoms. The summed E-state index contributed by atoms with van der Waals surface area (Å²) in [6.45, 7) is 1.40. The second-order valence-corrected chi connectivity index (χ2v) is 6.34. The zero-order chi connectivity index (χ0) is 20.9. The topological polar surface area (TPSA) is 117 Å². The minimum atomic E-state index is -0.610. The Balaban J connectivity index is 1.37. The summed E-state index contributed by atoms with van der Waals surface area (Å²) in [5, 5.41) is 18.0. The van der Waals surface area contributed by atoms with Gasteiger partial charge in [-0.2, -0.15) is 5.10 Å². The van der Waals surface area contributed by atoms with Crippen LogP contribution in [0.5, 0.6) is 0 Å². The maximum absolute atomic E-state index is 12.3. The number of aromatic nitrogens is 6. The molecule has 10 nitrogen and oxygen atoms in total. The van der Waals surface area contributed by atoms with Gasteiger partial charge in [-0.05, 0) is 53.7 Å². The molecule has 0 saturated carbocycles. The van der Waals surface area contributed by atoms with Crippen LogP contribution >= 0.6 is 0 Å². The first-order chi connectivity index (χ1) is 14.6. The lowest BCUT2D eigenvalue weighted by atomic mass is 10.2. The molecule has 0 aliphatic carbocycles. The van der Waals surface area contributed by atoms with E-state index in [0.29, 0.717) is 17.1 Å². The second kappa shape index (κ2) is 8.35. The van der Waals surface area contributed by atoms with Gasteiger partial charge in [0.1, 0.15) is 12.1 Å². The summed E-state index contributed by atoms with van der Waals surface area (Å²) in [4.78, 5) is 24.5. The van der Waals surface area contributed by atoms with Gasteiger partial charge >= 0.3 is 5.97 Å². The lowest BCUT2D eigenvalue weighted by molar-refractivity contribution is -0.119. The van der Waals surface area contributed by atoms with Crippen LogP contribution in [0.1, 0.15) is 16.1 Å². The number of aryl methyl sites for hydroxylation is 1. The van der Waals surface area contributed by atoms with Gasteiger partial charge in [-0.15, -0.1) is 5.10 Å². The van der Waals surface area contributed by atoms with Crippen molar-refractivity contribution in [1.82, 2.24) is 30.0 Å². The van der Waals surface area contributed by atoms with Crippen molar-refractivity contribution in [2.75, 3.05) is 11.9 Å². The van der Waals surface area contributed by atoms with E-state index in [4.69, 9.17) is 4.74 Å². The van der Waals surface area contributed by atoms with Gasteiger partial charge in [0.15, 0.2) is 6.61 Å². The lowest BCUT2D eigenvalue weighted by Gasteiger charge is -2.09.